The van der Waals surface area contributed by atoms with Crippen LogP contribution in [0.15, 0.2) is 47.8 Å². The molecule has 0 aliphatic heterocycles. The standard InChI is InChI=1S/C19H27NS/c1-4-19(15-20-16(2)3,17-9-6-5-7-10-17)13-12-18-11-8-14-21-18/h5-11,14,16,20H,4,12-13,15H2,1-3H3. The van der Waals surface area contributed by atoms with Gasteiger partial charge in [0.1, 0.15) is 0 Å². The Kier molecular flexibility index (Phi) is 6.01. The summed E-state index contributed by atoms with van der Waals surface area (Å²) in [6, 6.07) is 16.0. The zero-order valence-corrected chi connectivity index (χ0v) is 14.2. The predicted molar refractivity (Wildman–Crippen MR) is 94.2 cm³/mol. The first kappa shape index (κ1) is 16.3. The molecule has 0 aliphatic carbocycles. The maximum Gasteiger partial charge on any atom is 0.00787 e. The minimum atomic E-state index is 0.232. The average molecular weight is 301 g/mol. The Morgan fingerprint density at radius 1 is 1.10 bits per heavy atom. The molecule has 21 heavy (non-hydrogen) atoms. The van der Waals surface area contributed by atoms with E-state index in [1.54, 1.807) is 0 Å². The molecule has 0 spiro atoms. The third kappa shape index (κ3) is 4.42. The van der Waals surface area contributed by atoms with Gasteiger partial charge in [0.15, 0.2) is 0 Å². The van der Waals surface area contributed by atoms with E-state index in [-0.39, 0.29) is 5.41 Å². The molecule has 0 saturated carbocycles. The largest absolute Gasteiger partial charge is 0.314 e. The van der Waals surface area contributed by atoms with Crippen molar-refractivity contribution >= 4 is 11.3 Å². The lowest BCUT2D eigenvalue weighted by atomic mass is 9.74. The molecule has 0 fully saturated rings. The fourth-order valence-electron chi connectivity index (χ4n) is 2.85. The van der Waals surface area contributed by atoms with E-state index in [0.29, 0.717) is 6.04 Å². The zero-order valence-electron chi connectivity index (χ0n) is 13.4. The number of hydrogen-bond acceptors (Lipinski definition) is 2. The van der Waals surface area contributed by atoms with Gasteiger partial charge in [0.05, 0.1) is 0 Å². The third-order valence-electron chi connectivity index (χ3n) is 4.34. The molecule has 0 bridgehead atoms. The van der Waals surface area contributed by atoms with Crippen LogP contribution in [0.4, 0.5) is 0 Å². The van der Waals surface area contributed by atoms with E-state index in [4.69, 9.17) is 0 Å². The monoisotopic (exact) mass is 301 g/mol. The molecule has 1 aromatic heterocycles. The highest BCUT2D eigenvalue weighted by Gasteiger charge is 2.30. The van der Waals surface area contributed by atoms with Gasteiger partial charge in [0, 0.05) is 22.9 Å². The predicted octanol–water partition coefficient (Wildman–Crippen LogP) is 5.03. The average Bonchev–Trinajstić information content (AvgIpc) is 3.02. The molecule has 1 aromatic carbocycles. The summed E-state index contributed by atoms with van der Waals surface area (Å²) >= 11 is 1.87. The molecule has 1 nitrogen and oxygen atoms in total. The summed E-state index contributed by atoms with van der Waals surface area (Å²) in [7, 11) is 0. The van der Waals surface area contributed by atoms with Gasteiger partial charge >= 0.3 is 0 Å². The highest BCUT2D eigenvalue weighted by atomic mass is 32.1. The fraction of sp³-hybridized carbons (Fsp3) is 0.474. The molecule has 1 N–H and O–H groups in total. The lowest BCUT2D eigenvalue weighted by Gasteiger charge is -2.35. The summed E-state index contributed by atoms with van der Waals surface area (Å²) in [4.78, 5) is 1.49. The number of thiophene rings is 1. The molecule has 2 heteroatoms. The lowest BCUT2D eigenvalue weighted by molar-refractivity contribution is 0.343. The molecule has 1 atom stereocenters. The van der Waals surface area contributed by atoms with E-state index >= 15 is 0 Å². The minimum absolute atomic E-state index is 0.232. The van der Waals surface area contributed by atoms with Crippen molar-refractivity contribution < 1.29 is 0 Å². The van der Waals surface area contributed by atoms with Gasteiger partial charge in [-0.1, -0.05) is 57.2 Å². The second kappa shape index (κ2) is 7.77. The minimum Gasteiger partial charge on any atom is -0.314 e. The Morgan fingerprint density at radius 2 is 1.86 bits per heavy atom. The van der Waals surface area contributed by atoms with Crippen LogP contribution >= 0.6 is 11.3 Å². The van der Waals surface area contributed by atoms with Crippen molar-refractivity contribution in [2.75, 3.05) is 6.54 Å². The van der Waals surface area contributed by atoms with Gasteiger partial charge in [-0.2, -0.15) is 0 Å². The van der Waals surface area contributed by atoms with Crippen LogP contribution in [-0.2, 0) is 11.8 Å². The van der Waals surface area contributed by atoms with Crippen molar-refractivity contribution in [1.29, 1.82) is 0 Å². The first-order valence-electron chi connectivity index (χ1n) is 7.97. The molecule has 2 rings (SSSR count). The maximum atomic E-state index is 3.67. The Hall–Kier alpha value is -1.12. The molecule has 114 valence electrons. The van der Waals surface area contributed by atoms with Gasteiger partial charge in [-0.25, -0.2) is 0 Å². The molecule has 0 radical (unpaired) electrons. The highest BCUT2D eigenvalue weighted by molar-refractivity contribution is 7.09. The second-order valence-corrected chi connectivity index (χ2v) is 7.15. The van der Waals surface area contributed by atoms with E-state index in [1.165, 1.54) is 29.7 Å². The first-order valence-corrected chi connectivity index (χ1v) is 8.85. The Labute approximate surface area is 133 Å². The summed E-state index contributed by atoms with van der Waals surface area (Å²) in [5, 5.41) is 5.85. The number of hydrogen-bond donors (Lipinski definition) is 1. The van der Waals surface area contributed by atoms with Crippen LogP contribution in [0.3, 0.4) is 0 Å². The van der Waals surface area contributed by atoms with E-state index in [9.17, 15) is 0 Å². The number of rotatable bonds is 8. The van der Waals surface area contributed by atoms with Gasteiger partial charge in [0.25, 0.3) is 0 Å². The van der Waals surface area contributed by atoms with Gasteiger partial charge in [0.2, 0.25) is 0 Å². The van der Waals surface area contributed by atoms with E-state index in [1.807, 2.05) is 11.3 Å². The molecule has 0 saturated heterocycles. The van der Waals surface area contributed by atoms with Crippen molar-refractivity contribution in [3.63, 3.8) is 0 Å². The van der Waals surface area contributed by atoms with Gasteiger partial charge in [-0.15, -0.1) is 11.3 Å². The van der Waals surface area contributed by atoms with Crippen LogP contribution in [0.25, 0.3) is 0 Å². The summed E-state index contributed by atoms with van der Waals surface area (Å²) < 4.78 is 0. The van der Waals surface area contributed by atoms with Crippen LogP contribution < -0.4 is 5.32 Å². The Balaban J connectivity index is 2.18. The molecular formula is C19H27NS. The highest BCUT2D eigenvalue weighted by Crippen LogP contribution is 2.33. The van der Waals surface area contributed by atoms with E-state index in [0.717, 1.165) is 6.54 Å². The van der Waals surface area contributed by atoms with Gasteiger partial charge < -0.3 is 5.32 Å². The zero-order chi connectivity index (χ0) is 15.1. The van der Waals surface area contributed by atoms with Crippen LogP contribution in [0.5, 0.6) is 0 Å². The maximum absolute atomic E-state index is 3.67. The van der Waals surface area contributed by atoms with Crippen molar-refractivity contribution in [3.8, 4) is 0 Å². The third-order valence-corrected chi connectivity index (χ3v) is 5.28. The second-order valence-electron chi connectivity index (χ2n) is 6.11. The first-order chi connectivity index (χ1) is 10.2. The Bertz CT molecular complexity index is 504. The van der Waals surface area contributed by atoms with Crippen molar-refractivity contribution in [2.24, 2.45) is 0 Å². The van der Waals surface area contributed by atoms with E-state index in [2.05, 4.69) is 73.9 Å². The van der Waals surface area contributed by atoms with Crippen LogP contribution in [0.1, 0.15) is 44.1 Å². The van der Waals surface area contributed by atoms with Crippen molar-refractivity contribution in [1.82, 2.24) is 5.32 Å². The van der Waals surface area contributed by atoms with Crippen LogP contribution in [0.2, 0.25) is 0 Å². The summed E-state index contributed by atoms with van der Waals surface area (Å²) in [6.07, 6.45) is 3.54. The SMILES string of the molecule is CCC(CCc1cccs1)(CNC(C)C)c1ccccc1. The fourth-order valence-corrected chi connectivity index (χ4v) is 3.56. The lowest BCUT2D eigenvalue weighted by Crippen LogP contribution is -2.41. The number of aryl methyl sites for hydroxylation is 1. The van der Waals surface area contributed by atoms with Crippen molar-refractivity contribution in [3.05, 3.63) is 58.3 Å². The molecule has 1 heterocycles. The molecule has 1 unspecified atom stereocenters. The summed E-state index contributed by atoms with van der Waals surface area (Å²) in [6.45, 7) is 7.83. The number of nitrogens with one attached hydrogen (secondary N) is 1. The topological polar surface area (TPSA) is 12.0 Å². The normalized spacial score (nSPS) is 14.3. The van der Waals surface area contributed by atoms with Gasteiger partial charge in [-0.3, -0.25) is 0 Å². The summed E-state index contributed by atoms with van der Waals surface area (Å²) in [5.41, 5.74) is 1.70. The molecular weight excluding hydrogens is 274 g/mol. The smallest absolute Gasteiger partial charge is 0.00787 e. The van der Waals surface area contributed by atoms with Crippen LogP contribution in [-0.4, -0.2) is 12.6 Å². The molecule has 0 aliphatic rings. The Morgan fingerprint density at radius 3 is 2.43 bits per heavy atom. The molecule has 2 aromatic rings. The number of benzene rings is 1. The van der Waals surface area contributed by atoms with Gasteiger partial charge in [-0.05, 0) is 36.3 Å². The molecule has 0 amide bonds. The van der Waals surface area contributed by atoms with E-state index < -0.39 is 0 Å². The van der Waals surface area contributed by atoms with Crippen molar-refractivity contribution in [2.45, 2.75) is 51.5 Å². The quantitative estimate of drug-likeness (QED) is 0.721. The summed E-state index contributed by atoms with van der Waals surface area (Å²) in [5.74, 6) is 0. The van der Waals surface area contributed by atoms with Crippen LogP contribution in [0, 0.1) is 0 Å².